The van der Waals surface area contributed by atoms with Crippen molar-refractivity contribution in [2.75, 3.05) is 6.61 Å². The quantitative estimate of drug-likeness (QED) is 0.357. The highest BCUT2D eigenvalue weighted by Crippen LogP contribution is 2.20. The molecule has 3 nitrogen and oxygen atoms in total. The molecule has 0 saturated carbocycles. The van der Waals surface area contributed by atoms with E-state index >= 15 is 0 Å². The summed E-state index contributed by atoms with van der Waals surface area (Å²) in [6.07, 6.45) is 3.64. The van der Waals surface area contributed by atoms with Crippen LogP contribution in [-0.4, -0.2) is 23.8 Å². The molecule has 0 aromatic rings. The van der Waals surface area contributed by atoms with Gasteiger partial charge in [0.15, 0.2) is 5.78 Å². The van der Waals surface area contributed by atoms with E-state index in [1.165, 1.54) is 13.0 Å². The standard InChI is InChI=1S/C13H16O3/c1-6-9-16-13(8-3,11(14)7-2)12(15)10(4)5/h6-8H,1-4,9H2,5H3. The number of carbonyl (C=O) groups excluding carboxylic acids is 2. The molecular formula is C13H16O3. The molecule has 3 heteroatoms. The van der Waals surface area contributed by atoms with Crippen LogP contribution in [0.3, 0.4) is 0 Å². The summed E-state index contributed by atoms with van der Waals surface area (Å²) in [5, 5.41) is 0. The van der Waals surface area contributed by atoms with Gasteiger partial charge in [-0.15, -0.1) is 6.58 Å². The van der Waals surface area contributed by atoms with Crippen molar-refractivity contribution >= 4 is 11.6 Å². The second-order valence-electron chi connectivity index (χ2n) is 3.22. The average Bonchev–Trinajstić information content (AvgIpc) is 2.29. The summed E-state index contributed by atoms with van der Waals surface area (Å²) in [5.41, 5.74) is -1.50. The molecule has 0 amide bonds. The van der Waals surface area contributed by atoms with Crippen molar-refractivity contribution in [3.05, 3.63) is 50.1 Å². The molecule has 0 bridgehead atoms. The van der Waals surface area contributed by atoms with E-state index in [4.69, 9.17) is 4.74 Å². The summed E-state index contributed by atoms with van der Waals surface area (Å²) >= 11 is 0. The van der Waals surface area contributed by atoms with Crippen LogP contribution in [0.15, 0.2) is 50.1 Å². The van der Waals surface area contributed by atoms with Gasteiger partial charge in [-0.05, 0) is 24.6 Å². The normalized spacial score (nSPS) is 13.3. The van der Waals surface area contributed by atoms with Crippen LogP contribution in [0.4, 0.5) is 0 Å². The molecule has 0 fully saturated rings. The Balaban J connectivity index is 5.43. The number of Topliss-reactive ketones (excluding diaryl/α,β-unsaturated/α-hetero) is 1. The predicted octanol–water partition coefficient (Wildman–Crippen LogP) is 2.01. The van der Waals surface area contributed by atoms with Crippen LogP contribution in [0.5, 0.6) is 0 Å². The Morgan fingerprint density at radius 1 is 1.31 bits per heavy atom. The zero-order chi connectivity index (χ0) is 12.8. The summed E-state index contributed by atoms with van der Waals surface area (Å²) in [5.74, 6) is -1.08. The van der Waals surface area contributed by atoms with E-state index < -0.39 is 17.2 Å². The van der Waals surface area contributed by atoms with E-state index in [-0.39, 0.29) is 12.2 Å². The Labute approximate surface area is 95.8 Å². The van der Waals surface area contributed by atoms with Gasteiger partial charge >= 0.3 is 0 Å². The molecule has 0 aliphatic rings. The molecule has 0 N–H and O–H groups in total. The first kappa shape index (κ1) is 14.3. The summed E-state index contributed by atoms with van der Waals surface area (Å²) in [4.78, 5) is 23.6. The maximum absolute atomic E-state index is 11.9. The molecule has 86 valence electrons. The first-order chi connectivity index (χ1) is 7.46. The lowest BCUT2D eigenvalue weighted by molar-refractivity contribution is -0.145. The molecule has 0 aliphatic carbocycles. The van der Waals surface area contributed by atoms with E-state index in [0.29, 0.717) is 0 Å². The lowest BCUT2D eigenvalue weighted by Crippen LogP contribution is -2.47. The SMILES string of the molecule is C=CCOC(C=C)(C(=O)C=C)C(=O)C(=C)C. The Morgan fingerprint density at radius 3 is 2.19 bits per heavy atom. The third kappa shape index (κ3) is 2.64. The first-order valence-electron chi connectivity index (χ1n) is 4.71. The fourth-order valence-electron chi connectivity index (χ4n) is 1.16. The van der Waals surface area contributed by atoms with Crippen molar-refractivity contribution in [3.8, 4) is 0 Å². The van der Waals surface area contributed by atoms with Crippen LogP contribution in [0.1, 0.15) is 6.92 Å². The van der Waals surface area contributed by atoms with Crippen molar-refractivity contribution in [1.82, 2.24) is 0 Å². The van der Waals surface area contributed by atoms with Crippen LogP contribution in [0.2, 0.25) is 0 Å². The van der Waals surface area contributed by atoms with Gasteiger partial charge in [0.1, 0.15) is 0 Å². The monoisotopic (exact) mass is 220 g/mol. The van der Waals surface area contributed by atoms with E-state index in [1.807, 2.05) is 0 Å². The lowest BCUT2D eigenvalue weighted by Gasteiger charge is -2.26. The number of rotatable bonds is 8. The van der Waals surface area contributed by atoms with Crippen molar-refractivity contribution in [1.29, 1.82) is 0 Å². The maximum Gasteiger partial charge on any atom is 0.211 e. The second-order valence-corrected chi connectivity index (χ2v) is 3.22. The highest BCUT2D eigenvalue weighted by molar-refractivity contribution is 6.21. The summed E-state index contributed by atoms with van der Waals surface area (Å²) in [6.45, 7) is 15.3. The fraction of sp³-hybridized carbons (Fsp3) is 0.231. The zero-order valence-corrected chi connectivity index (χ0v) is 9.49. The topological polar surface area (TPSA) is 43.4 Å². The number of ether oxygens (including phenoxy) is 1. The molecule has 0 aromatic heterocycles. The third-order valence-corrected chi connectivity index (χ3v) is 1.99. The van der Waals surface area contributed by atoms with E-state index in [0.717, 1.165) is 12.2 Å². The Hall–Kier alpha value is -1.74. The van der Waals surface area contributed by atoms with E-state index in [9.17, 15) is 9.59 Å². The maximum atomic E-state index is 11.9. The average molecular weight is 220 g/mol. The Kier molecular flexibility index (Phi) is 5.33. The largest absolute Gasteiger partial charge is 0.351 e. The van der Waals surface area contributed by atoms with E-state index in [1.54, 1.807) is 0 Å². The minimum atomic E-state index is -1.72. The van der Waals surface area contributed by atoms with Gasteiger partial charge < -0.3 is 4.74 Å². The van der Waals surface area contributed by atoms with Crippen LogP contribution in [0.25, 0.3) is 0 Å². The first-order valence-corrected chi connectivity index (χ1v) is 4.71. The Bertz CT molecular complexity index is 352. The van der Waals surface area contributed by atoms with Gasteiger partial charge in [0.25, 0.3) is 0 Å². The summed E-state index contributed by atoms with van der Waals surface area (Å²) < 4.78 is 5.24. The zero-order valence-electron chi connectivity index (χ0n) is 9.49. The van der Waals surface area contributed by atoms with Crippen LogP contribution in [-0.2, 0) is 14.3 Å². The highest BCUT2D eigenvalue weighted by Gasteiger charge is 2.42. The van der Waals surface area contributed by atoms with Gasteiger partial charge in [-0.25, -0.2) is 0 Å². The van der Waals surface area contributed by atoms with Gasteiger partial charge in [-0.2, -0.15) is 0 Å². The van der Waals surface area contributed by atoms with Crippen molar-refractivity contribution < 1.29 is 14.3 Å². The third-order valence-electron chi connectivity index (χ3n) is 1.99. The molecule has 0 heterocycles. The molecule has 0 radical (unpaired) electrons. The van der Waals surface area contributed by atoms with Gasteiger partial charge in [-0.3, -0.25) is 9.59 Å². The molecule has 0 spiro atoms. The molecule has 0 saturated heterocycles. The minimum absolute atomic E-state index is 0.0601. The molecule has 0 aliphatic heterocycles. The van der Waals surface area contributed by atoms with Gasteiger partial charge in [-0.1, -0.05) is 25.8 Å². The van der Waals surface area contributed by atoms with E-state index in [2.05, 4.69) is 26.3 Å². The molecule has 0 aromatic carbocycles. The molecule has 16 heavy (non-hydrogen) atoms. The van der Waals surface area contributed by atoms with Crippen LogP contribution >= 0.6 is 0 Å². The van der Waals surface area contributed by atoms with Crippen molar-refractivity contribution in [2.45, 2.75) is 12.5 Å². The number of ketones is 2. The molecule has 0 rings (SSSR count). The number of hydrogen-bond donors (Lipinski definition) is 0. The van der Waals surface area contributed by atoms with Gasteiger partial charge in [0, 0.05) is 0 Å². The van der Waals surface area contributed by atoms with Gasteiger partial charge in [0.05, 0.1) is 6.61 Å². The second kappa shape index (κ2) is 5.98. The van der Waals surface area contributed by atoms with Crippen molar-refractivity contribution in [3.63, 3.8) is 0 Å². The minimum Gasteiger partial charge on any atom is -0.351 e. The summed E-state index contributed by atoms with van der Waals surface area (Å²) in [6, 6.07) is 0. The van der Waals surface area contributed by atoms with Gasteiger partial charge in [0.2, 0.25) is 11.4 Å². The number of carbonyl (C=O) groups is 2. The molecule has 1 atom stereocenters. The predicted molar refractivity (Wildman–Crippen MR) is 64.1 cm³/mol. The lowest BCUT2D eigenvalue weighted by atomic mass is 9.89. The van der Waals surface area contributed by atoms with Crippen molar-refractivity contribution in [2.24, 2.45) is 0 Å². The fourth-order valence-corrected chi connectivity index (χ4v) is 1.16. The molecule has 1 unspecified atom stereocenters. The van der Waals surface area contributed by atoms with Crippen LogP contribution in [0, 0.1) is 0 Å². The summed E-state index contributed by atoms with van der Waals surface area (Å²) in [7, 11) is 0. The number of hydrogen-bond acceptors (Lipinski definition) is 3. The Morgan fingerprint density at radius 2 is 1.88 bits per heavy atom. The van der Waals surface area contributed by atoms with Crippen LogP contribution < -0.4 is 0 Å². The highest BCUT2D eigenvalue weighted by atomic mass is 16.5. The smallest absolute Gasteiger partial charge is 0.211 e. The molecular weight excluding hydrogens is 204 g/mol.